The summed E-state index contributed by atoms with van der Waals surface area (Å²) in [5, 5.41) is 11.7. The molecule has 2 unspecified atom stereocenters. The molecule has 0 saturated heterocycles. The van der Waals surface area contributed by atoms with Crippen molar-refractivity contribution in [2.45, 2.75) is 232 Å². The quantitative estimate of drug-likeness (QED) is 0.0195. The van der Waals surface area contributed by atoms with Crippen LogP contribution in [0.4, 0.5) is 0 Å². The molecule has 0 rings (SSSR count). The molecule has 0 fully saturated rings. The molecule has 0 aliphatic carbocycles. The Bertz CT molecular complexity index is 1400. The van der Waals surface area contributed by atoms with Gasteiger partial charge < -0.3 is 33.3 Å². The number of nitrogens with zero attached hydrogens (tertiary/aromatic N) is 1. The van der Waals surface area contributed by atoms with Crippen molar-refractivity contribution in [3.63, 3.8) is 0 Å². The Hall–Kier alpha value is -3.53. The largest absolute Gasteiger partial charge is 0.545 e. The topological polar surface area (TPSA) is 111 Å². The highest BCUT2D eigenvalue weighted by molar-refractivity contribution is 5.70. The molecule has 2 atom stereocenters. The minimum absolute atomic E-state index is 0.144. The molecule has 0 saturated carbocycles. The summed E-state index contributed by atoms with van der Waals surface area (Å²) in [4.78, 5) is 37.2. The minimum atomic E-state index is -1.62. The number of hydrogen-bond donors (Lipinski definition) is 0. The van der Waals surface area contributed by atoms with Gasteiger partial charge in [0.15, 0.2) is 12.4 Å². The van der Waals surface area contributed by atoms with E-state index in [2.05, 4.69) is 98.9 Å². The predicted octanol–water partition coefficient (Wildman–Crippen LogP) is 14.7. The summed E-state index contributed by atoms with van der Waals surface area (Å²) in [7, 11) is 5.91. The van der Waals surface area contributed by atoms with Gasteiger partial charge in [0, 0.05) is 12.8 Å². The first kappa shape index (κ1) is 65.5. The molecule has 0 bridgehead atoms. The molecule has 0 heterocycles. The Morgan fingerprint density at radius 1 is 0.449 bits per heavy atom. The van der Waals surface area contributed by atoms with Gasteiger partial charge in [-0.25, -0.2) is 0 Å². The van der Waals surface area contributed by atoms with Crippen LogP contribution in [0.1, 0.15) is 219 Å². The smallest absolute Gasteiger partial charge is 0.306 e. The van der Waals surface area contributed by atoms with Crippen LogP contribution in [-0.4, -0.2) is 82.3 Å². The van der Waals surface area contributed by atoms with Gasteiger partial charge >= 0.3 is 11.9 Å². The molecule has 0 spiro atoms. The lowest BCUT2D eigenvalue weighted by Crippen LogP contribution is -2.44. The highest BCUT2D eigenvalue weighted by Gasteiger charge is 2.22. The average molecular weight is 966 g/mol. The van der Waals surface area contributed by atoms with E-state index in [1.54, 1.807) is 0 Å². The summed E-state index contributed by atoms with van der Waals surface area (Å²) in [5.41, 5.74) is 0. The maximum absolute atomic E-state index is 12.8. The van der Waals surface area contributed by atoms with E-state index in [4.69, 9.17) is 18.9 Å². The van der Waals surface area contributed by atoms with Crippen LogP contribution < -0.4 is 5.11 Å². The fourth-order valence-corrected chi connectivity index (χ4v) is 7.40. The number of rotatable bonds is 50. The molecule has 0 aromatic heterocycles. The first-order valence-corrected chi connectivity index (χ1v) is 27.7. The number of likely N-dealkylation sites (N-methyl/N-ethyl adjacent to an activating group) is 1. The first-order chi connectivity index (χ1) is 33.6. The Balaban J connectivity index is 4.23. The third kappa shape index (κ3) is 52.1. The number of carboxylic acids is 1. The zero-order valence-electron chi connectivity index (χ0n) is 44.9. The van der Waals surface area contributed by atoms with Gasteiger partial charge in [-0.1, -0.05) is 221 Å². The molecule has 0 aliphatic rings. The number of carbonyl (C=O) groups is 3. The molecule has 0 amide bonds. The summed E-state index contributed by atoms with van der Waals surface area (Å²) in [5.74, 6) is -2.29. The number of hydrogen-bond acceptors (Lipinski definition) is 8. The Labute approximate surface area is 423 Å². The standard InChI is InChI=1S/C60H103NO8/c1-6-8-10-12-14-16-18-20-21-22-23-24-25-26-27-28-29-30-31-32-33-34-35-36-37-39-41-43-45-47-49-51-58(63)69-56(55-68-60(59(64)65)66-53-52-61(3,4)5)54-67-57(62)50-48-46-44-42-40-38-19-17-15-13-11-9-7-2/h8,10,14,16,20-21,23-24,26-27,29-30,32-33,56,60H,6-7,9,11-13,15,17-19,22,25,28,31,34-55H2,1-5H3/b10-8-,16-14-,21-20-,24-23-,27-26-,30-29-,33-32-. The van der Waals surface area contributed by atoms with Crippen molar-refractivity contribution in [2.24, 2.45) is 0 Å². The fraction of sp³-hybridized carbons (Fsp3) is 0.717. The van der Waals surface area contributed by atoms with Crippen molar-refractivity contribution in [2.75, 3.05) is 47.5 Å². The molecule has 0 N–H and O–H groups in total. The highest BCUT2D eigenvalue weighted by atomic mass is 16.7. The van der Waals surface area contributed by atoms with Gasteiger partial charge in [0.2, 0.25) is 0 Å². The number of carboxylic acid groups (broad SMARTS) is 1. The van der Waals surface area contributed by atoms with Crippen molar-refractivity contribution in [1.82, 2.24) is 0 Å². The lowest BCUT2D eigenvalue weighted by atomic mass is 10.0. The van der Waals surface area contributed by atoms with Crippen LogP contribution in [0.3, 0.4) is 0 Å². The molecule has 9 heteroatoms. The van der Waals surface area contributed by atoms with E-state index in [-0.39, 0.29) is 32.2 Å². The van der Waals surface area contributed by atoms with Crippen molar-refractivity contribution >= 4 is 17.9 Å². The van der Waals surface area contributed by atoms with Crippen molar-refractivity contribution < 1.29 is 42.9 Å². The van der Waals surface area contributed by atoms with Crippen LogP contribution in [0.5, 0.6) is 0 Å². The van der Waals surface area contributed by atoms with Crippen molar-refractivity contribution in [3.8, 4) is 0 Å². The Morgan fingerprint density at radius 3 is 1.23 bits per heavy atom. The van der Waals surface area contributed by atoms with Crippen LogP contribution in [0.25, 0.3) is 0 Å². The van der Waals surface area contributed by atoms with Crippen LogP contribution in [-0.2, 0) is 33.3 Å². The summed E-state index contributed by atoms with van der Waals surface area (Å²) in [6.45, 7) is 4.62. The van der Waals surface area contributed by atoms with E-state index >= 15 is 0 Å². The number of aliphatic carboxylic acids is 1. The van der Waals surface area contributed by atoms with Gasteiger partial charge in [-0.3, -0.25) is 9.59 Å². The van der Waals surface area contributed by atoms with E-state index in [0.717, 1.165) is 89.9 Å². The Morgan fingerprint density at radius 2 is 0.826 bits per heavy atom. The summed E-state index contributed by atoms with van der Waals surface area (Å²) < 4.78 is 22.6. The summed E-state index contributed by atoms with van der Waals surface area (Å²) in [6.07, 6.45) is 63.4. The monoisotopic (exact) mass is 966 g/mol. The minimum Gasteiger partial charge on any atom is -0.545 e. The molecule has 396 valence electrons. The molecule has 0 radical (unpaired) electrons. The molecule has 0 aliphatic heterocycles. The van der Waals surface area contributed by atoms with Crippen molar-refractivity contribution in [3.05, 3.63) is 85.1 Å². The van der Waals surface area contributed by atoms with Gasteiger partial charge in [0.25, 0.3) is 0 Å². The second kappa shape index (κ2) is 50.8. The number of esters is 2. The number of allylic oxidation sites excluding steroid dienone is 14. The van der Waals surface area contributed by atoms with Crippen LogP contribution >= 0.6 is 0 Å². The fourth-order valence-electron chi connectivity index (χ4n) is 7.40. The first-order valence-electron chi connectivity index (χ1n) is 27.7. The normalized spacial score (nSPS) is 13.5. The molecule has 9 nitrogen and oxygen atoms in total. The van der Waals surface area contributed by atoms with E-state index in [1.165, 1.54) is 96.3 Å². The van der Waals surface area contributed by atoms with E-state index in [0.29, 0.717) is 23.9 Å². The Kier molecular flexibility index (Phi) is 48.2. The average Bonchev–Trinajstić information content (AvgIpc) is 3.31. The second-order valence-electron chi connectivity index (χ2n) is 19.5. The second-order valence-corrected chi connectivity index (χ2v) is 19.5. The lowest BCUT2D eigenvalue weighted by molar-refractivity contribution is -0.870. The number of ether oxygens (including phenoxy) is 4. The van der Waals surface area contributed by atoms with Gasteiger partial charge in [-0.2, -0.15) is 0 Å². The van der Waals surface area contributed by atoms with Gasteiger partial charge in [0.05, 0.1) is 40.3 Å². The van der Waals surface area contributed by atoms with Crippen molar-refractivity contribution in [1.29, 1.82) is 0 Å². The predicted molar refractivity (Wildman–Crippen MR) is 288 cm³/mol. The van der Waals surface area contributed by atoms with Gasteiger partial charge in [-0.05, 0) is 70.6 Å². The van der Waals surface area contributed by atoms with E-state index < -0.39 is 24.3 Å². The zero-order valence-corrected chi connectivity index (χ0v) is 44.9. The van der Waals surface area contributed by atoms with Crippen LogP contribution in [0.2, 0.25) is 0 Å². The van der Waals surface area contributed by atoms with Gasteiger partial charge in [-0.15, -0.1) is 0 Å². The maximum Gasteiger partial charge on any atom is 0.306 e. The molecule has 0 aromatic carbocycles. The maximum atomic E-state index is 12.8. The number of unbranched alkanes of at least 4 members (excludes halogenated alkanes) is 21. The summed E-state index contributed by atoms with van der Waals surface area (Å²) >= 11 is 0. The molecular weight excluding hydrogens is 863 g/mol. The molecular formula is C60H103NO8. The zero-order chi connectivity index (χ0) is 50.6. The van der Waals surface area contributed by atoms with E-state index in [1.807, 2.05) is 21.1 Å². The SMILES string of the molecule is CC/C=C\C/C=C\C/C=C\C/C=C\C/C=C\C/C=C\C/C=C\CCCCCCCCCCCC(=O)OC(COC(=O)CCCCCCCCCCCCCCC)COC(OCC[N+](C)(C)C)C(=O)[O-]. The third-order valence-electron chi connectivity index (χ3n) is 11.7. The lowest BCUT2D eigenvalue weighted by Gasteiger charge is -2.26. The summed E-state index contributed by atoms with van der Waals surface area (Å²) in [6, 6.07) is 0. The van der Waals surface area contributed by atoms with Crippen LogP contribution in [0, 0.1) is 0 Å². The molecule has 0 aromatic rings. The van der Waals surface area contributed by atoms with Gasteiger partial charge in [0.1, 0.15) is 13.2 Å². The van der Waals surface area contributed by atoms with E-state index in [9.17, 15) is 19.5 Å². The highest BCUT2D eigenvalue weighted by Crippen LogP contribution is 2.15. The molecule has 69 heavy (non-hydrogen) atoms. The number of carbonyl (C=O) groups excluding carboxylic acids is 3. The number of quaternary nitrogens is 1. The van der Waals surface area contributed by atoms with Crippen LogP contribution in [0.15, 0.2) is 85.1 Å². The third-order valence-corrected chi connectivity index (χ3v) is 11.7.